The van der Waals surface area contributed by atoms with Crippen molar-refractivity contribution in [3.63, 3.8) is 0 Å². The van der Waals surface area contributed by atoms with Gasteiger partial charge >= 0.3 is 5.97 Å². The molecule has 0 saturated carbocycles. The number of carbonyl (C=O) groups excluding carboxylic acids is 2. The SMILES string of the molecule is CC(C)(C)c1ccc(/C=C2\Oc3cc(OC(=O)c4ccc(Br)cc4)ccc3C2=O)cc1. The third-order valence-corrected chi connectivity index (χ3v) is 5.54. The van der Waals surface area contributed by atoms with E-state index in [4.69, 9.17) is 9.47 Å². The van der Waals surface area contributed by atoms with Gasteiger partial charge in [0.15, 0.2) is 5.76 Å². The fourth-order valence-electron chi connectivity index (χ4n) is 3.21. The fraction of sp³-hybridized carbons (Fsp3) is 0.154. The van der Waals surface area contributed by atoms with Crippen LogP contribution in [0.2, 0.25) is 0 Å². The summed E-state index contributed by atoms with van der Waals surface area (Å²) in [4.78, 5) is 25.0. The zero-order valence-corrected chi connectivity index (χ0v) is 19.0. The molecule has 4 rings (SSSR count). The van der Waals surface area contributed by atoms with Crippen LogP contribution in [0.5, 0.6) is 11.5 Å². The summed E-state index contributed by atoms with van der Waals surface area (Å²) in [5, 5.41) is 0. The number of benzene rings is 3. The Labute approximate surface area is 189 Å². The van der Waals surface area contributed by atoms with E-state index in [1.165, 1.54) is 5.56 Å². The number of fused-ring (bicyclic) bond motifs is 1. The lowest BCUT2D eigenvalue weighted by atomic mass is 9.86. The Hall–Kier alpha value is -3.18. The van der Waals surface area contributed by atoms with Gasteiger partial charge in [-0.05, 0) is 59.0 Å². The molecular formula is C26H21BrO4. The monoisotopic (exact) mass is 476 g/mol. The third-order valence-electron chi connectivity index (χ3n) is 5.01. The molecule has 1 aliphatic heterocycles. The first-order valence-corrected chi connectivity index (χ1v) is 10.7. The average molecular weight is 477 g/mol. The maximum Gasteiger partial charge on any atom is 0.343 e. The van der Waals surface area contributed by atoms with Gasteiger partial charge in [-0.3, -0.25) is 4.79 Å². The Morgan fingerprint density at radius 3 is 2.29 bits per heavy atom. The van der Waals surface area contributed by atoms with Crippen molar-refractivity contribution in [3.05, 3.63) is 99.2 Å². The van der Waals surface area contributed by atoms with Crippen LogP contribution in [-0.2, 0) is 5.41 Å². The lowest BCUT2D eigenvalue weighted by Crippen LogP contribution is -2.10. The number of rotatable bonds is 3. The Morgan fingerprint density at radius 2 is 1.65 bits per heavy atom. The highest BCUT2D eigenvalue weighted by Gasteiger charge is 2.28. The van der Waals surface area contributed by atoms with E-state index in [1.54, 1.807) is 48.5 Å². The topological polar surface area (TPSA) is 52.6 Å². The number of ether oxygens (including phenoxy) is 2. The summed E-state index contributed by atoms with van der Waals surface area (Å²) in [6.07, 6.45) is 1.72. The zero-order chi connectivity index (χ0) is 22.2. The summed E-state index contributed by atoms with van der Waals surface area (Å²) >= 11 is 3.34. The molecule has 0 aromatic heterocycles. The van der Waals surface area contributed by atoms with Crippen LogP contribution >= 0.6 is 15.9 Å². The van der Waals surface area contributed by atoms with E-state index < -0.39 is 5.97 Å². The highest BCUT2D eigenvalue weighted by molar-refractivity contribution is 9.10. The Balaban J connectivity index is 1.52. The lowest BCUT2D eigenvalue weighted by molar-refractivity contribution is 0.0734. The molecule has 0 unspecified atom stereocenters. The van der Waals surface area contributed by atoms with Crippen LogP contribution < -0.4 is 9.47 Å². The third kappa shape index (κ3) is 4.62. The number of Topliss-reactive ketones (excluding diaryl/α,β-unsaturated/α-hetero) is 1. The molecule has 0 aliphatic carbocycles. The molecule has 0 radical (unpaired) electrons. The molecule has 31 heavy (non-hydrogen) atoms. The van der Waals surface area contributed by atoms with Crippen LogP contribution in [-0.4, -0.2) is 11.8 Å². The molecule has 0 saturated heterocycles. The van der Waals surface area contributed by atoms with E-state index in [-0.39, 0.29) is 17.0 Å². The van der Waals surface area contributed by atoms with Crippen LogP contribution in [0.4, 0.5) is 0 Å². The molecular weight excluding hydrogens is 456 g/mol. The van der Waals surface area contributed by atoms with E-state index in [0.29, 0.717) is 22.6 Å². The second-order valence-corrected chi connectivity index (χ2v) is 9.28. The Kier molecular flexibility index (Phi) is 5.54. The fourth-order valence-corrected chi connectivity index (χ4v) is 3.48. The number of hydrogen-bond donors (Lipinski definition) is 0. The van der Waals surface area contributed by atoms with Gasteiger partial charge in [0.1, 0.15) is 11.5 Å². The molecule has 5 heteroatoms. The molecule has 1 heterocycles. The van der Waals surface area contributed by atoms with Gasteiger partial charge in [-0.15, -0.1) is 0 Å². The van der Waals surface area contributed by atoms with Gasteiger partial charge in [0.05, 0.1) is 11.1 Å². The van der Waals surface area contributed by atoms with Crippen molar-refractivity contribution in [1.29, 1.82) is 0 Å². The average Bonchev–Trinajstić information content (AvgIpc) is 3.03. The van der Waals surface area contributed by atoms with E-state index in [2.05, 4.69) is 48.8 Å². The smallest absolute Gasteiger partial charge is 0.343 e. The van der Waals surface area contributed by atoms with Gasteiger partial charge in [0, 0.05) is 10.5 Å². The Morgan fingerprint density at radius 1 is 0.968 bits per heavy atom. The predicted octanol–water partition coefficient (Wildman–Crippen LogP) is 6.58. The first-order chi connectivity index (χ1) is 14.7. The van der Waals surface area contributed by atoms with Gasteiger partial charge in [-0.2, -0.15) is 0 Å². The van der Waals surface area contributed by atoms with E-state index in [1.807, 2.05) is 12.1 Å². The molecule has 0 N–H and O–H groups in total. The summed E-state index contributed by atoms with van der Waals surface area (Å²) in [6, 6.07) is 19.7. The zero-order valence-electron chi connectivity index (χ0n) is 17.4. The van der Waals surface area contributed by atoms with Gasteiger partial charge < -0.3 is 9.47 Å². The van der Waals surface area contributed by atoms with Crippen molar-refractivity contribution in [2.45, 2.75) is 26.2 Å². The number of esters is 1. The number of halogens is 1. The maximum atomic E-state index is 12.7. The predicted molar refractivity (Wildman–Crippen MR) is 124 cm³/mol. The van der Waals surface area contributed by atoms with E-state index in [0.717, 1.165) is 10.0 Å². The van der Waals surface area contributed by atoms with Gasteiger partial charge in [0.2, 0.25) is 5.78 Å². The normalized spacial score (nSPS) is 14.3. The highest BCUT2D eigenvalue weighted by atomic mass is 79.9. The minimum Gasteiger partial charge on any atom is -0.452 e. The molecule has 0 bridgehead atoms. The van der Waals surface area contributed by atoms with E-state index in [9.17, 15) is 9.59 Å². The molecule has 156 valence electrons. The van der Waals surface area contributed by atoms with Crippen molar-refractivity contribution in [2.75, 3.05) is 0 Å². The molecule has 0 spiro atoms. The van der Waals surface area contributed by atoms with Gasteiger partial charge in [-0.25, -0.2) is 4.79 Å². The molecule has 0 atom stereocenters. The summed E-state index contributed by atoms with van der Waals surface area (Å²) in [6.45, 7) is 6.46. The first kappa shape index (κ1) is 21.1. The largest absolute Gasteiger partial charge is 0.452 e. The summed E-state index contributed by atoms with van der Waals surface area (Å²) in [5.41, 5.74) is 3.03. The minimum atomic E-state index is -0.480. The molecule has 3 aromatic rings. The molecule has 1 aliphatic rings. The molecule has 0 fully saturated rings. The molecule has 0 amide bonds. The summed E-state index contributed by atoms with van der Waals surface area (Å²) in [5.74, 6) is 0.265. The van der Waals surface area contributed by atoms with Crippen LogP contribution in [0.15, 0.2) is 77.0 Å². The quantitative estimate of drug-likeness (QED) is 0.243. The van der Waals surface area contributed by atoms with Crippen LogP contribution in [0, 0.1) is 0 Å². The number of carbonyl (C=O) groups is 2. The molecule has 3 aromatic carbocycles. The first-order valence-electron chi connectivity index (χ1n) is 9.87. The van der Waals surface area contributed by atoms with Gasteiger partial charge in [-0.1, -0.05) is 61.0 Å². The minimum absolute atomic E-state index is 0.0612. The lowest BCUT2D eigenvalue weighted by Gasteiger charge is -2.18. The number of allylic oxidation sites excluding steroid dienone is 1. The van der Waals surface area contributed by atoms with Gasteiger partial charge in [0.25, 0.3) is 0 Å². The highest BCUT2D eigenvalue weighted by Crippen LogP contribution is 2.35. The van der Waals surface area contributed by atoms with Crippen LogP contribution in [0.25, 0.3) is 6.08 Å². The second-order valence-electron chi connectivity index (χ2n) is 8.37. The number of ketones is 1. The van der Waals surface area contributed by atoms with Crippen molar-refractivity contribution >= 4 is 33.8 Å². The second kappa shape index (κ2) is 8.16. The standard InChI is InChI=1S/C26H21BrO4/c1-26(2,3)18-8-4-16(5-9-18)14-23-24(28)21-13-12-20(15-22(21)31-23)30-25(29)17-6-10-19(27)11-7-17/h4-15H,1-3H3/b23-14-. The molecule has 4 nitrogen and oxygen atoms in total. The van der Waals surface area contributed by atoms with E-state index >= 15 is 0 Å². The Bertz CT molecular complexity index is 1180. The number of hydrogen-bond acceptors (Lipinski definition) is 4. The van der Waals surface area contributed by atoms with Crippen molar-refractivity contribution < 1.29 is 19.1 Å². The summed E-state index contributed by atoms with van der Waals surface area (Å²) < 4.78 is 12.1. The van der Waals surface area contributed by atoms with Crippen molar-refractivity contribution in [1.82, 2.24) is 0 Å². The van der Waals surface area contributed by atoms with Crippen molar-refractivity contribution in [2.24, 2.45) is 0 Å². The van der Waals surface area contributed by atoms with Crippen LogP contribution in [0.1, 0.15) is 52.6 Å². The van der Waals surface area contributed by atoms with Crippen molar-refractivity contribution in [3.8, 4) is 11.5 Å². The summed E-state index contributed by atoms with van der Waals surface area (Å²) in [7, 11) is 0. The maximum absolute atomic E-state index is 12.7. The van der Waals surface area contributed by atoms with Crippen LogP contribution in [0.3, 0.4) is 0 Å².